The first-order valence-corrected chi connectivity index (χ1v) is 9.46. The van der Waals surface area contributed by atoms with E-state index in [0.29, 0.717) is 30.2 Å². The third kappa shape index (κ3) is 4.33. The molecule has 2 heterocycles. The number of aryl methyl sites for hydroxylation is 2. The van der Waals surface area contributed by atoms with Crippen LogP contribution in [0, 0.1) is 19.8 Å². The summed E-state index contributed by atoms with van der Waals surface area (Å²) in [5.41, 5.74) is 2.34. The van der Waals surface area contributed by atoms with Gasteiger partial charge in [-0.3, -0.25) is 9.59 Å². The van der Waals surface area contributed by atoms with Gasteiger partial charge in [-0.2, -0.15) is 0 Å². The Kier molecular flexibility index (Phi) is 5.85. The second-order valence-electron chi connectivity index (χ2n) is 7.09. The van der Waals surface area contributed by atoms with Crippen LogP contribution < -0.4 is 0 Å². The number of nitrogens with zero attached hydrogens (tertiary/aromatic N) is 3. The molecule has 0 radical (unpaired) electrons. The highest BCUT2D eigenvalue weighted by molar-refractivity contribution is 6.30. The third-order valence-corrected chi connectivity index (χ3v) is 5.35. The second kappa shape index (κ2) is 8.13. The van der Waals surface area contributed by atoms with Crippen LogP contribution in [0.2, 0.25) is 5.02 Å². The fourth-order valence-corrected chi connectivity index (χ4v) is 3.62. The Morgan fingerprint density at radius 3 is 2.63 bits per heavy atom. The van der Waals surface area contributed by atoms with Crippen LogP contribution >= 0.6 is 11.6 Å². The lowest BCUT2D eigenvalue weighted by atomic mass is 9.95. The quantitative estimate of drug-likeness (QED) is 0.803. The monoisotopic (exact) mass is 389 g/mol. The van der Waals surface area contributed by atoms with Crippen molar-refractivity contribution < 1.29 is 14.1 Å². The predicted octanol–water partition coefficient (Wildman–Crippen LogP) is 3.46. The van der Waals surface area contributed by atoms with E-state index in [9.17, 15) is 9.59 Å². The van der Waals surface area contributed by atoms with Gasteiger partial charge >= 0.3 is 0 Å². The average molecular weight is 390 g/mol. The smallest absolute Gasteiger partial charge is 0.253 e. The summed E-state index contributed by atoms with van der Waals surface area (Å²) in [6.07, 6.45) is 1.60. The lowest BCUT2D eigenvalue weighted by molar-refractivity contribution is -0.136. The number of piperidine rings is 1. The Morgan fingerprint density at radius 2 is 2.00 bits per heavy atom. The van der Waals surface area contributed by atoms with Crippen molar-refractivity contribution in [2.24, 2.45) is 5.92 Å². The minimum Gasteiger partial charge on any atom is -0.361 e. The second-order valence-corrected chi connectivity index (χ2v) is 7.53. The van der Waals surface area contributed by atoms with E-state index in [4.69, 9.17) is 16.1 Å². The summed E-state index contributed by atoms with van der Waals surface area (Å²) in [6, 6.07) is 6.86. The van der Waals surface area contributed by atoms with E-state index in [1.54, 1.807) is 41.1 Å². The Bertz CT molecular complexity index is 812. The van der Waals surface area contributed by atoms with E-state index in [1.807, 2.05) is 13.8 Å². The highest BCUT2D eigenvalue weighted by Gasteiger charge is 2.31. The summed E-state index contributed by atoms with van der Waals surface area (Å²) < 4.78 is 5.18. The van der Waals surface area contributed by atoms with Gasteiger partial charge in [0.2, 0.25) is 5.91 Å². The van der Waals surface area contributed by atoms with E-state index in [0.717, 1.165) is 29.9 Å². The molecule has 2 aromatic rings. The SMILES string of the molecule is Cc1noc(C)c1CN(C)C(=O)C1CCCN(C(=O)c2ccc(Cl)cc2)C1. The zero-order chi connectivity index (χ0) is 19.6. The molecular weight excluding hydrogens is 366 g/mol. The molecular formula is C20H24ClN3O3. The van der Waals surface area contributed by atoms with Gasteiger partial charge in [-0.15, -0.1) is 0 Å². The normalized spacial score (nSPS) is 17.0. The molecule has 0 N–H and O–H groups in total. The molecule has 1 aliphatic heterocycles. The molecule has 27 heavy (non-hydrogen) atoms. The predicted molar refractivity (Wildman–Crippen MR) is 103 cm³/mol. The maximum atomic E-state index is 12.9. The van der Waals surface area contributed by atoms with Gasteiger partial charge in [-0.25, -0.2) is 0 Å². The maximum absolute atomic E-state index is 12.9. The van der Waals surface area contributed by atoms with Crippen LogP contribution in [0.3, 0.4) is 0 Å². The van der Waals surface area contributed by atoms with Crippen LogP contribution in [0.1, 0.15) is 40.2 Å². The van der Waals surface area contributed by atoms with E-state index >= 15 is 0 Å². The Labute approximate surface area is 164 Å². The van der Waals surface area contributed by atoms with Gasteiger partial charge in [-0.05, 0) is 51.0 Å². The summed E-state index contributed by atoms with van der Waals surface area (Å²) in [7, 11) is 1.79. The molecule has 1 aromatic heterocycles. The first-order chi connectivity index (χ1) is 12.9. The van der Waals surface area contributed by atoms with Crippen molar-refractivity contribution in [3.05, 3.63) is 51.9 Å². The first kappa shape index (κ1) is 19.4. The molecule has 1 aliphatic rings. The van der Waals surface area contributed by atoms with Crippen LogP contribution in [0.25, 0.3) is 0 Å². The topological polar surface area (TPSA) is 66.7 Å². The van der Waals surface area contributed by atoms with Crippen molar-refractivity contribution in [2.75, 3.05) is 20.1 Å². The van der Waals surface area contributed by atoms with Crippen LogP contribution in [-0.2, 0) is 11.3 Å². The molecule has 144 valence electrons. The summed E-state index contributed by atoms with van der Waals surface area (Å²) in [5, 5.41) is 4.54. The van der Waals surface area contributed by atoms with Gasteiger partial charge in [0.05, 0.1) is 18.2 Å². The van der Waals surface area contributed by atoms with Crippen LogP contribution in [0.15, 0.2) is 28.8 Å². The molecule has 1 aromatic carbocycles. The number of amides is 2. The lowest BCUT2D eigenvalue weighted by Crippen LogP contribution is -2.45. The lowest BCUT2D eigenvalue weighted by Gasteiger charge is -2.34. The number of hydrogen-bond donors (Lipinski definition) is 0. The number of hydrogen-bond acceptors (Lipinski definition) is 4. The van der Waals surface area contributed by atoms with Gasteiger partial charge in [0, 0.05) is 36.3 Å². The fraction of sp³-hybridized carbons (Fsp3) is 0.450. The molecule has 1 fully saturated rings. The molecule has 1 saturated heterocycles. The highest BCUT2D eigenvalue weighted by Crippen LogP contribution is 2.23. The number of likely N-dealkylation sites (tertiary alicyclic amines) is 1. The van der Waals surface area contributed by atoms with E-state index in [1.165, 1.54) is 0 Å². The number of rotatable bonds is 4. The summed E-state index contributed by atoms with van der Waals surface area (Å²) >= 11 is 5.90. The van der Waals surface area contributed by atoms with Gasteiger partial charge in [-0.1, -0.05) is 16.8 Å². The first-order valence-electron chi connectivity index (χ1n) is 9.08. The average Bonchev–Trinajstić information content (AvgIpc) is 2.99. The number of carbonyl (C=O) groups excluding carboxylic acids is 2. The molecule has 0 spiro atoms. The Balaban J connectivity index is 1.65. The zero-order valence-corrected chi connectivity index (χ0v) is 16.6. The minimum atomic E-state index is -0.194. The van der Waals surface area contributed by atoms with E-state index < -0.39 is 0 Å². The number of aromatic nitrogens is 1. The fourth-order valence-electron chi connectivity index (χ4n) is 3.49. The zero-order valence-electron chi connectivity index (χ0n) is 15.9. The maximum Gasteiger partial charge on any atom is 0.253 e. The molecule has 6 nitrogen and oxygen atoms in total. The van der Waals surface area contributed by atoms with Gasteiger partial charge in [0.15, 0.2) is 0 Å². The molecule has 0 aliphatic carbocycles. The molecule has 1 unspecified atom stereocenters. The summed E-state index contributed by atoms with van der Waals surface area (Å²) in [5.74, 6) is 0.525. The van der Waals surface area contributed by atoms with Crippen molar-refractivity contribution in [1.82, 2.24) is 15.0 Å². The van der Waals surface area contributed by atoms with Gasteiger partial charge in [0.25, 0.3) is 5.91 Å². The standard InChI is InChI=1S/C20H24ClN3O3/c1-13-18(14(2)27-22-13)12-23(3)19(25)16-5-4-10-24(11-16)20(26)15-6-8-17(21)9-7-15/h6-9,16H,4-5,10-12H2,1-3H3. The van der Waals surface area contributed by atoms with E-state index in [2.05, 4.69) is 5.16 Å². The summed E-state index contributed by atoms with van der Waals surface area (Å²) in [4.78, 5) is 29.1. The van der Waals surface area contributed by atoms with Crippen LogP contribution in [0.4, 0.5) is 0 Å². The third-order valence-electron chi connectivity index (χ3n) is 5.10. The van der Waals surface area contributed by atoms with Crippen molar-refractivity contribution in [1.29, 1.82) is 0 Å². The van der Waals surface area contributed by atoms with Crippen molar-refractivity contribution in [2.45, 2.75) is 33.2 Å². The van der Waals surface area contributed by atoms with Crippen LogP contribution in [0.5, 0.6) is 0 Å². The molecule has 0 bridgehead atoms. The van der Waals surface area contributed by atoms with Crippen molar-refractivity contribution in [3.63, 3.8) is 0 Å². The minimum absolute atomic E-state index is 0.0450. The Morgan fingerprint density at radius 1 is 1.30 bits per heavy atom. The van der Waals surface area contributed by atoms with Gasteiger partial charge < -0.3 is 14.3 Å². The molecule has 3 rings (SSSR count). The van der Waals surface area contributed by atoms with Crippen molar-refractivity contribution >= 4 is 23.4 Å². The highest BCUT2D eigenvalue weighted by atomic mass is 35.5. The van der Waals surface area contributed by atoms with E-state index in [-0.39, 0.29) is 17.7 Å². The largest absolute Gasteiger partial charge is 0.361 e. The molecule has 7 heteroatoms. The number of benzene rings is 1. The molecule has 1 atom stereocenters. The van der Waals surface area contributed by atoms with Crippen molar-refractivity contribution in [3.8, 4) is 0 Å². The Hall–Kier alpha value is -2.34. The summed E-state index contributed by atoms with van der Waals surface area (Å²) in [6.45, 7) is 5.28. The number of halogens is 1. The molecule has 0 saturated carbocycles. The number of carbonyl (C=O) groups is 2. The molecule has 2 amide bonds. The van der Waals surface area contributed by atoms with Crippen LogP contribution in [-0.4, -0.2) is 46.9 Å². The van der Waals surface area contributed by atoms with Gasteiger partial charge in [0.1, 0.15) is 5.76 Å².